The molecule has 0 saturated carbocycles. The maximum Gasteiger partial charge on any atom is 0.0946 e. The van der Waals surface area contributed by atoms with Crippen molar-refractivity contribution in [1.82, 2.24) is 9.55 Å². The van der Waals surface area contributed by atoms with Crippen molar-refractivity contribution < 1.29 is 0 Å². The van der Waals surface area contributed by atoms with E-state index in [0.717, 1.165) is 16.7 Å². The average molecular weight is 280 g/mol. The molecule has 16 heavy (non-hydrogen) atoms. The monoisotopic (exact) mass is 279 g/mol. The van der Waals surface area contributed by atoms with Crippen LogP contribution in [0.15, 0.2) is 35.2 Å². The van der Waals surface area contributed by atoms with Crippen LogP contribution in [0.5, 0.6) is 0 Å². The highest BCUT2D eigenvalue weighted by molar-refractivity contribution is 9.10. The Morgan fingerprint density at radius 2 is 2.25 bits per heavy atom. The molecule has 0 radical (unpaired) electrons. The van der Waals surface area contributed by atoms with E-state index in [-0.39, 0.29) is 0 Å². The number of benzene rings is 1. The fourth-order valence-electron chi connectivity index (χ4n) is 1.50. The number of nitrogens with one attached hydrogen (secondary N) is 1. The second-order valence-corrected chi connectivity index (χ2v) is 4.67. The van der Waals surface area contributed by atoms with E-state index < -0.39 is 0 Å². The highest BCUT2D eigenvalue weighted by Crippen LogP contribution is 2.20. The molecule has 2 rings (SSSR count). The highest BCUT2D eigenvalue weighted by Gasteiger charge is 1.99. The Labute approximate surface area is 104 Å². The first-order valence-electron chi connectivity index (χ1n) is 5.12. The number of anilines is 1. The van der Waals surface area contributed by atoms with Gasteiger partial charge in [0.1, 0.15) is 0 Å². The zero-order chi connectivity index (χ0) is 11.5. The smallest absolute Gasteiger partial charge is 0.0946 e. The average Bonchev–Trinajstić information content (AvgIpc) is 2.66. The summed E-state index contributed by atoms with van der Waals surface area (Å²) in [4.78, 5) is 4.08. The summed E-state index contributed by atoms with van der Waals surface area (Å²) in [7, 11) is 2.00. The first-order valence-corrected chi connectivity index (χ1v) is 5.91. The lowest BCUT2D eigenvalue weighted by molar-refractivity contribution is 0.837. The Hall–Kier alpha value is -1.29. The van der Waals surface area contributed by atoms with Crippen LogP contribution in [0, 0.1) is 6.92 Å². The van der Waals surface area contributed by atoms with Crippen molar-refractivity contribution in [2.24, 2.45) is 7.05 Å². The van der Waals surface area contributed by atoms with E-state index in [9.17, 15) is 0 Å². The van der Waals surface area contributed by atoms with Crippen LogP contribution < -0.4 is 5.32 Å². The number of halogens is 1. The minimum absolute atomic E-state index is 0.789. The summed E-state index contributed by atoms with van der Waals surface area (Å²) in [6, 6.07) is 6.24. The fourth-order valence-corrected chi connectivity index (χ4v) is 1.75. The third-order valence-electron chi connectivity index (χ3n) is 2.55. The Morgan fingerprint density at radius 3 is 2.88 bits per heavy atom. The first kappa shape index (κ1) is 11.2. The molecule has 0 atom stereocenters. The molecule has 0 aliphatic carbocycles. The minimum atomic E-state index is 0.789. The van der Waals surface area contributed by atoms with Gasteiger partial charge in [-0.3, -0.25) is 0 Å². The zero-order valence-electron chi connectivity index (χ0n) is 9.37. The summed E-state index contributed by atoms with van der Waals surface area (Å²) >= 11 is 3.49. The zero-order valence-corrected chi connectivity index (χ0v) is 11.0. The molecule has 0 amide bonds. The van der Waals surface area contributed by atoms with Crippen LogP contribution >= 0.6 is 15.9 Å². The molecule has 0 unspecified atom stereocenters. The number of aromatic nitrogens is 2. The molecule has 4 heteroatoms. The van der Waals surface area contributed by atoms with E-state index in [1.54, 1.807) is 0 Å². The molecule has 0 spiro atoms. The summed E-state index contributed by atoms with van der Waals surface area (Å²) < 4.78 is 3.15. The van der Waals surface area contributed by atoms with Crippen LogP contribution in [0.4, 0.5) is 5.69 Å². The van der Waals surface area contributed by atoms with Gasteiger partial charge in [-0.2, -0.15) is 0 Å². The van der Waals surface area contributed by atoms with E-state index in [2.05, 4.69) is 51.4 Å². The third-order valence-corrected chi connectivity index (χ3v) is 3.44. The van der Waals surface area contributed by atoms with Crippen LogP contribution in [0.2, 0.25) is 0 Å². The standard InChI is InChI=1S/C12H14BrN3/c1-9-5-10(3-4-12(9)13)15-7-11-6-14-8-16(11)2/h3-6,8,15H,7H2,1-2H3. The van der Waals surface area contributed by atoms with Crippen molar-refractivity contribution in [3.8, 4) is 0 Å². The molecule has 0 aliphatic rings. The van der Waals surface area contributed by atoms with Crippen LogP contribution in [-0.2, 0) is 13.6 Å². The van der Waals surface area contributed by atoms with Crippen molar-refractivity contribution in [2.45, 2.75) is 13.5 Å². The SMILES string of the molecule is Cc1cc(NCc2cncn2C)ccc1Br. The summed E-state index contributed by atoms with van der Waals surface area (Å²) in [5.74, 6) is 0. The van der Waals surface area contributed by atoms with Gasteiger partial charge in [-0.15, -0.1) is 0 Å². The number of nitrogens with zero attached hydrogens (tertiary/aromatic N) is 2. The van der Waals surface area contributed by atoms with Crippen molar-refractivity contribution >= 4 is 21.6 Å². The van der Waals surface area contributed by atoms with E-state index in [1.165, 1.54) is 11.3 Å². The Balaban J connectivity index is 2.05. The van der Waals surface area contributed by atoms with Crippen LogP contribution in [0.1, 0.15) is 11.3 Å². The van der Waals surface area contributed by atoms with Gasteiger partial charge in [0.25, 0.3) is 0 Å². The lowest BCUT2D eigenvalue weighted by Crippen LogP contribution is -2.03. The van der Waals surface area contributed by atoms with Gasteiger partial charge in [-0.05, 0) is 30.7 Å². The maximum atomic E-state index is 4.08. The number of imidazole rings is 1. The van der Waals surface area contributed by atoms with E-state index in [0.29, 0.717) is 0 Å². The maximum absolute atomic E-state index is 4.08. The molecule has 0 fully saturated rings. The van der Waals surface area contributed by atoms with Gasteiger partial charge in [-0.1, -0.05) is 15.9 Å². The van der Waals surface area contributed by atoms with Crippen molar-refractivity contribution in [3.63, 3.8) is 0 Å². The summed E-state index contributed by atoms with van der Waals surface area (Å²) in [6.45, 7) is 2.87. The van der Waals surface area contributed by atoms with Gasteiger partial charge in [0.05, 0.1) is 18.6 Å². The van der Waals surface area contributed by atoms with E-state index >= 15 is 0 Å². The first-order chi connectivity index (χ1) is 7.66. The van der Waals surface area contributed by atoms with Crippen molar-refractivity contribution in [2.75, 3.05) is 5.32 Å². The predicted octanol–water partition coefficient (Wildman–Crippen LogP) is 3.10. The molecule has 2 aromatic rings. The minimum Gasteiger partial charge on any atom is -0.379 e. The molecule has 0 bridgehead atoms. The van der Waals surface area contributed by atoms with Crippen LogP contribution in [0.3, 0.4) is 0 Å². The summed E-state index contributed by atoms with van der Waals surface area (Å²) in [5, 5.41) is 3.37. The normalized spacial score (nSPS) is 10.4. The Kier molecular flexibility index (Phi) is 3.29. The quantitative estimate of drug-likeness (QED) is 0.936. The lowest BCUT2D eigenvalue weighted by atomic mass is 10.2. The number of aryl methyl sites for hydroxylation is 2. The van der Waals surface area contributed by atoms with Gasteiger partial charge in [0, 0.05) is 23.4 Å². The molecule has 1 N–H and O–H groups in total. The highest BCUT2D eigenvalue weighted by atomic mass is 79.9. The Bertz CT molecular complexity index is 491. The predicted molar refractivity (Wildman–Crippen MR) is 69.4 cm³/mol. The van der Waals surface area contributed by atoms with Gasteiger partial charge in [-0.25, -0.2) is 4.98 Å². The summed E-state index contributed by atoms with van der Waals surface area (Å²) in [6.07, 6.45) is 3.68. The van der Waals surface area contributed by atoms with Gasteiger partial charge in [0.15, 0.2) is 0 Å². The number of rotatable bonds is 3. The fraction of sp³-hybridized carbons (Fsp3) is 0.250. The van der Waals surface area contributed by atoms with E-state index in [4.69, 9.17) is 0 Å². The van der Waals surface area contributed by atoms with Crippen LogP contribution in [-0.4, -0.2) is 9.55 Å². The number of hydrogen-bond donors (Lipinski definition) is 1. The number of hydrogen-bond acceptors (Lipinski definition) is 2. The van der Waals surface area contributed by atoms with E-state index in [1.807, 2.05) is 24.1 Å². The van der Waals surface area contributed by atoms with Crippen LogP contribution in [0.25, 0.3) is 0 Å². The van der Waals surface area contributed by atoms with Crippen molar-refractivity contribution in [1.29, 1.82) is 0 Å². The third kappa shape index (κ3) is 2.44. The largest absolute Gasteiger partial charge is 0.379 e. The molecule has 1 aromatic carbocycles. The van der Waals surface area contributed by atoms with Gasteiger partial charge < -0.3 is 9.88 Å². The topological polar surface area (TPSA) is 29.9 Å². The second kappa shape index (κ2) is 4.70. The summed E-state index contributed by atoms with van der Waals surface area (Å²) in [5.41, 5.74) is 3.53. The lowest BCUT2D eigenvalue weighted by Gasteiger charge is -2.08. The molecule has 1 aromatic heterocycles. The molecule has 0 saturated heterocycles. The molecule has 1 heterocycles. The molecular weight excluding hydrogens is 266 g/mol. The molecule has 84 valence electrons. The molecule has 3 nitrogen and oxygen atoms in total. The van der Waals surface area contributed by atoms with Gasteiger partial charge >= 0.3 is 0 Å². The van der Waals surface area contributed by atoms with Gasteiger partial charge in [0.2, 0.25) is 0 Å². The Morgan fingerprint density at radius 1 is 1.44 bits per heavy atom. The molecular formula is C12H14BrN3. The molecule has 0 aliphatic heterocycles. The second-order valence-electron chi connectivity index (χ2n) is 3.81. The van der Waals surface area contributed by atoms with Crippen molar-refractivity contribution in [3.05, 3.63) is 46.5 Å².